The van der Waals surface area contributed by atoms with Crippen LogP contribution in [0.2, 0.25) is 0 Å². The summed E-state index contributed by atoms with van der Waals surface area (Å²) in [5.41, 5.74) is 1.78. The molecule has 156 valence electrons. The molecule has 0 saturated carbocycles. The van der Waals surface area contributed by atoms with Crippen molar-refractivity contribution in [1.29, 1.82) is 5.26 Å². The molecule has 3 heterocycles. The summed E-state index contributed by atoms with van der Waals surface area (Å²) in [5, 5.41) is 24.7. The zero-order chi connectivity index (χ0) is 21.1. The second-order valence-corrected chi connectivity index (χ2v) is 10.5. The van der Waals surface area contributed by atoms with Gasteiger partial charge in [0.1, 0.15) is 16.9 Å². The van der Waals surface area contributed by atoms with E-state index in [-0.39, 0.29) is 11.7 Å². The first-order chi connectivity index (χ1) is 14.6. The molecule has 30 heavy (non-hydrogen) atoms. The lowest BCUT2D eigenvalue weighted by Crippen LogP contribution is -2.15. The number of thioether (sulfide) groups is 1. The van der Waals surface area contributed by atoms with Gasteiger partial charge in [-0.05, 0) is 49.1 Å². The first-order valence-corrected chi connectivity index (χ1v) is 12.7. The molecule has 1 aliphatic carbocycles. The number of carbonyl (C=O) groups excluding carboxylic acids is 1. The second kappa shape index (κ2) is 9.33. The van der Waals surface area contributed by atoms with Crippen molar-refractivity contribution in [3.05, 3.63) is 44.2 Å². The molecule has 0 radical (unpaired) electrons. The third kappa shape index (κ3) is 4.46. The highest BCUT2D eigenvalue weighted by Crippen LogP contribution is 2.39. The van der Waals surface area contributed by atoms with Gasteiger partial charge in [-0.1, -0.05) is 24.8 Å². The minimum absolute atomic E-state index is 0.117. The van der Waals surface area contributed by atoms with E-state index in [0.717, 1.165) is 48.8 Å². The lowest BCUT2D eigenvalue weighted by molar-refractivity contribution is -0.113. The zero-order valence-electron chi connectivity index (χ0n) is 17.0. The van der Waals surface area contributed by atoms with Gasteiger partial charge in [0.25, 0.3) is 0 Å². The molecule has 1 aliphatic rings. The summed E-state index contributed by atoms with van der Waals surface area (Å²) in [7, 11) is 0. The number of thiophene rings is 2. The third-order valence-corrected chi connectivity index (χ3v) is 8.24. The molecule has 6 nitrogen and oxygen atoms in total. The molecule has 0 aromatic carbocycles. The number of carbonyl (C=O) groups is 1. The fraction of sp³-hybridized carbons (Fsp3) is 0.429. The van der Waals surface area contributed by atoms with Crippen LogP contribution < -0.4 is 5.32 Å². The number of hydrogen-bond acceptors (Lipinski definition) is 7. The number of anilines is 1. The molecule has 3 aromatic rings. The number of nitrogens with one attached hydrogen (secondary N) is 1. The molecule has 0 spiro atoms. The molecule has 9 heteroatoms. The zero-order valence-corrected chi connectivity index (χ0v) is 19.4. The van der Waals surface area contributed by atoms with Crippen LogP contribution in [0.15, 0.2) is 22.7 Å². The van der Waals surface area contributed by atoms with Crippen molar-refractivity contribution in [2.45, 2.75) is 51.2 Å². The van der Waals surface area contributed by atoms with Crippen LogP contribution in [0.5, 0.6) is 0 Å². The van der Waals surface area contributed by atoms with Crippen molar-refractivity contribution in [3.8, 4) is 6.07 Å². The Morgan fingerprint density at radius 3 is 3.07 bits per heavy atom. The van der Waals surface area contributed by atoms with Crippen molar-refractivity contribution in [2.24, 2.45) is 5.92 Å². The summed E-state index contributed by atoms with van der Waals surface area (Å²) in [6.45, 7) is 5.05. The summed E-state index contributed by atoms with van der Waals surface area (Å²) >= 11 is 4.65. The summed E-state index contributed by atoms with van der Waals surface area (Å²) in [6, 6.07) is 6.43. The van der Waals surface area contributed by atoms with Crippen LogP contribution in [-0.4, -0.2) is 26.4 Å². The summed E-state index contributed by atoms with van der Waals surface area (Å²) in [5.74, 6) is 1.66. The molecule has 0 fully saturated rings. The van der Waals surface area contributed by atoms with Gasteiger partial charge in [0.15, 0.2) is 5.16 Å². The summed E-state index contributed by atoms with van der Waals surface area (Å²) < 4.78 is 2.06. The molecular weight excluding hydrogens is 434 g/mol. The number of hydrogen-bond donors (Lipinski definition) is 1. The Labute approximate surface area is 188 Å². The number of amides is 1. The topological polar surface area (TPSA) is 83.6 Å². The van der Waals surface area contributed by atoms with Crippen LogP contribution in [0, 0.1) is 17.2 Å². The van der Waals surface area contributed by atoms with Crippen LogP contribution in [0.1, 0.15) is 47.0 Å². The van der Waals surface area contributed by atoms with E-state index in [9.17, 15) is 10.1 Å². The van der Waals surface area contributed by atoms with E-state index < -0.39 is 0 Å². The smallest absolute Gasteiger partial charge is 0.235 e. The lowest BCUT2D eigenvalue weighted by Gasteiger charge is -2.17. The molecule has 0 bridgehead atoms. The molecule has 4 rings (SSSR count). The Kier molecular flexibility index (Phi) is 6.56. The molecule has 1 amide bonds. The minimum atomic E-state index is -0.117. The standard InChI is InChI=1S/C21H23N5OS3/c1-3-26-18(10-14-5-4-8-28-14)24-25-21(26)29-12-19(27)23-20-16(11-22)15-7-6-13(2)9-17(15)30-20/h4-5,8,13H,3,6-7,9-10,12H2,1-2H3,(H,23,27). The van der Waals surface area contributed by atoms with Gasteiger partial charge in [-0.3, -0.25) is 4.79 Å². The predicted octanol–water partition coefficient (Wildman–Crippen LogP) is 4.74. The van der Waals surface area contributed by atoms with Crippen molar-refractivity contribution >= 4 is 45.3 Å². The second-order valence-electron chi connectivity index (χ2n) is 7.40. The van der Waals surface area contributed by atoms with Gasteiger partial charge >= 0.3 is 0 Å². The maximum Gasteiger partial charge on any atom is 0.235 e. The lowest BCUT2D eigenvalue weighted by atomic mass is 9.89. The van der Waals surface area contributed by atoms with E-state index >= 15 is 0 Å². The normalized spacial score (nSPS) is 15.6. The fourth-order valence-electron chi connectivity index (χ4n) is 3.69. The number of rotatable bonds is 7. The molecule has 0 saturated heterocycles. The number of fused-ring (bicyclic) bond motifs is 1. The van der Waals surface area contributed by atoms with Gasteiger partial charge in [0.05, 0.1) is 11.3 Å². The average molecular weight is 458 g/mol. The van der Waals surface area contributed by atoms with Gasteiger partial charge < -0.3 is 9.88 Å². The summed E-state index contributed by atoms with van der Waals surface area (Å²) in [4.78, 5) is 15.1. The maximum atomic E-state index is 12.6. The molecule has 1 N–H and O–H groups in total. The van der Waals surface area contributed by atoms with E-state index in [4.69, 9.17) is 0 Å². The van der Waals surface area contributed by atoms with Crippen molar-refractivity contribution in [2.75, 3.05) is 11.1 Å². The Hall–Kier alpha value is -2.15. The van der Waals surface area contributed by atoms with Gasteiger partial charge in [-0.25, -0.2) is 0 Å². The SMILES string of the molecule is CCn1c(Cc2cccs2)nnc1SCC(=O)Nc1sc2c(c1C#N)CCC(C)C2. The summed E-state index contributed by atoms with van der Waals surface area (Å²) in [6.07, 6.45) is 3.76. The Balaban J connectivity index is 1.41. The minimum Gasteiger partial charge on any atom is -0.316 e. The number of nitrogens with zero attached hydrogens (tertiary/aromatic N) is 4. The van der Waals surface area contributed by atoms with Crippen molar-refractivity contribution < 1.29 is 4.79 Å². The Morgan fingerprint density at radius 1 is 1.47 bits per heavy atom. The molecule has 0 aliphatic heterocycles. The van der Waals surface area contributed by atoms with E-state index in [2.05, 4.69) is 51.4 Å². The van der Waals surface area contributed by atoms with Gasteiger partial charge in [0, 0.05) is 22.7 Å². The number of aromatic nitrogens is 3. The first kappa shape index (κ1) is 21.1. The van der Waals surface area contributed by atoms with Crippen LogP contribution in [0.4, 0.5) is 5.00 Å². The monoisotopic (exact) mass is 457 g/mol. The highest BCUT2D eigenvalue weighted by atomic mass is 32.2. The highest BCUT2D eigenvalue weighted by molar-refractivity contribution is 7.99. The highest BCUT2D eigenvalue weighted by Gasteiger charge is 2.25. The Morgan fingerprint density at radius 2 is 2.33 bits per heavy atom. The average Bonchev–Trinajstić information content (AvgIpc) is 3.45. The fourth-order valence-corrected chi connectivity index (χ4v) is 6.59. The van der Waals surface area contributed by atoms with Gasteiger partial charge in [0.2, 0.25) is 5.91 Å². The Bertz CT molecular complexity index is 1080. The molecule has 3 aromatic heterocycles. The van der Waals surface area contributed by atoms with E-state index in [1.807, 2.05) is 6.07 Å². The van der Waals surface area contributed by atoms with E-state index in [1.54, 1.807) is 22.7 Å². The predicted molar refractivity (Wildman–Crippen MR) is 122 cm³/mol. The quantitative estimate of drug-likeness (QED) is 0.518. The molecular formula is C21H23N5OS3. The van der Waals surface area contributed by atoms with Crippen LogP contribution in [-0.2, 0) is 30.6 Å². The first-order valence-electron chi connectivity index (χ1n) is 10.0. The van der Waals surface area contributed by atoms with Crippen molar-refractivity contribution in [3.63, 3.8) is 0 Å². The maximum absolute atomic E-state index is 12.6. The van der Waals surface area contributed by atoms with Crippen LogP contribution in [0.25, 0.3) is 0 Å². The molecule has 1 atom stereocenters. The van der Waals surface area contributed by atoms with Crippen LogP contribution >= 0.6 is 34.4 Å². The van der Waals surface area contributed by atoms with Crippen LogP contribution in [0.3, 0.4) is 0 Å². The van der Waals surface area contributed by atoms with E-state index in [0.29, 0.717) is 16.5 Å². The number of nitriles is 1. The van der Waals surface area contributed by atoms with Gasteiger partial charge in [-0.15, -0.1) is 32.9 Å². The van der Waals surface area contributed by atoms with E-state index in [1.165, 1.54) is 21.5 Å². The van der Waals surface area contributed by atoms with Gasteiger partial charge in [-0.2, -0.15) is 5.26 Å². The molecule has 1 unspecified atom stereocenters. The largest absolute Gasteiger partial charge is 0.316 e. The van der Waals surface area contributed by atoms with Crippen molar-refractivity contribution in [1.82, 2.24) is 14.8 Å². The third-order valence-electron chi connectivity index (χ3n) is 5.23.